The van der Waals surface area contributed by atoms with Crippen molar-refractivity contribution in [2.45, 2.75) is 39.5 Å². The van der Waals surface area contributed by atoms with Crippen molar-refractivity contribution in [2.24, 2.45) is 0 Å². The lowest BCUT2D eigenvalue weighted by Crippen LogP contribution is -2.35. The highest BCUT2D eigenvalue weighted by Crippen LogP contribution is 2.41. The molecule has 0 atom stereocenters. The van der Waals surface area contributed by atoms with Crippen LogP contribution in [0.4, 0.5) is 5.69 Å². The third kappa shape index (κ3) is 2.30. The average molecular weight is 303 g/mol. The molecule has 23 heavy (non-hydrogen) atoms. The molecule has 2 aliphatic rings. The Morgan fingerprint density at radius 1 is 1.00 bits per heavy atom. The monoisotopic (exact) mass is 303 g/mol. The minimum absolute atomic E-state index is 1.18. The van der Waals surface area contributed by atoms with Gasteiger partial charge in [0.25, 0.3) is 0 Å². The molecule has 0 amide bonds. The maximum Gasteiger partial charge on any atom is 0.0434 e. The minimum Gasteiger partial charge on any atom is -0.371 e. The molecule has 0 saturated heterocycles. The molecule has 4 rings (SSSR count). The molecule has 1 nitrogen and oxygen atoms in total. The van der Waals surface area contributed by atoms with Crippen molar-refractivity contribution in [2.75, 3.05) is 18.0 Å². The third-order valence-electron chi connectivity index (χ3n) is 5.61. The smallest absolute Gasteiger partial charge is 0.0434 e. The van der Waals surface area contributed by atoms with Gasteiger partial charge in [0.05, 0.1) is 0 Å². The van der Waals surface area contributed by atoms with Gasteiger partial charge in [0, 0.05) is 18.8 Å². The normalized spacial score (nSPS) is 16.2. The molecule has 0 aliphatic carbocycles. The van der Waals surface area contributed by atoms with Gasteiger partial charge in [0.15, 0.2) is 0 Å². The fourth-order valence-electron chi connectivity index (χ4n) is 4.39. The topological polar surface area (TPSA) is 3.24 Å². The third-order valence-corrected chi connectivity index (χ3v) is 5.61. The zero-order chi connectivity index (χ0) is 16.0. The van der Waals surface area contributed by atoms with Crippen molar-refractivity contribution in [1.82, 2.24) is 0 Å². The first-order valence-corrected chi connectivity index (χ1v) is 8.82. The molecule has 2 aliphatic heterocycles. The number of hydrogen-bond acceptors (Lipinski definition) is 1. The average Bonchev–Trinajstić information content (AvgIpc) is 2.58. The van der Waals surface area contributed by atoms with Gasteiger partial charge in [-0.05, 0) is 84.6 Å². The van der Waals surface area contributed by atoms with E-state index in [9.17, 15) is 0 Å². The minimum atomic E-state index is 1.18. The summed E-state index contributed by atoms with van der Waals surface area (Å²) in [5.41, 5.74) is 11.3. The summed E-state index contributed by atoms with van der Waals surface area (Å²) in [6.07, 6.45) is 5.01. The van der Waals surface area contributed by atoms with Crippen molar-refractivity contribution in [3.8, 4) is 0 Å². The van der Waals surface area contributed by atoms with Crippen LogP contribution in [0.5, 0.6) is 0 Å². The Morgan fingerprint density at radius 3 is 2.52 bits per heavy atom. The second-order valence-electron chi connectivity index (χ2n) is 7.02. The van der Waals surface area contributed by atoms with Crippen LogP contribution in [0.1, 0.15) is 46.2 Å². The van der Waals surface area contributed by atoms with Crippen LogP contribution in [0.15, 0.2) is 36.9 Å². The summed E-state index contributed by atoms with van der Waals surface area (Å²) < 4.78 is 0. The van der Waals surface area contributed by atoms with E-state index in [1.54, 1.807) is 16.8 Å². The molecule has 2 heterocycles. The van der Waals surface area contributed by atoms with Gasteiger partial charge < -0.3 is 4.90 Å². The van der Waals surface area contributed by atoms with Crippen LogP contribution in [0.3, 0.4) is 0 Å². The van der Waals surface area contributed by atoms with Gasteiger partial charge in [-0.25, -0.2) is 0 Å². The van der Waals surface area contributed by atoms with E-state index < -0.39 is 0 Å². The van der Waals surface area contributed by atoms with Crippen LogP contribution in [0.2, 0.25) is 0 Å². The van der Waals surface area contributed by atoms with E-state index in [4.69, 9.17) is 0 Å². The summed E-state index contributed by atoms with van der Waals surface area (Å²) in [7, 11) is 0. The first-order valence-electron chi connectivity index (χ1n) is 8.82. The Morgan fingerprint density at radius 2 is 1.74 bits per heavy atom. The standard InChI is InChI=1S/C22H25N/c1-15-8-4-5-10-19(15)16(2)21-14-18-9-6-12-23-13-7-11-20(17(21)3)22(18)23/h4-5,8,10,14H,2,6-7,9,11-13H2,1,3H3. The summed E-state index contributed by atoms with van der Waals surface area (Å²) in [6, 6.07) is 11.0. The van der Waals surface area contributed by atoms with Gasteiger partial charge in [0.2, 0.25) is 0 Å². The van der Waals surface area contributed by atoms with Crippen molar-refractivity contribution in [3.63, 3.8) is 0 Å². The van der Waals surface area contributed by atoms with Crippen LogP contribution in [0, 0.1) is 13.8 Å². The van der Waals surface area contributed by atoms with Crippen LogP contribution in [-0.4, -0.2) is 13.1 Å². The lowest BCUT2D eigenvalue weighted by atomic mass is 9.83. The molecule has 2 aromatic rings. The highest BCUT2D eigenvalue weighted by Gasteiger charge is 2.27. The van der Waals surface area contributed by atoms with Gasteiger partial charge in [-0.2, -0.15) is 0 Å². The number of aryl methyl sites for hydroxylation is 2. The summed E-state index contributed by atoms with van der Waals surface area (Å²) >= 11 is 0. The molecular weight excluding hydrogens is 278 g/mol. The van der Waals surface area contributed by atoms with E-state index >= 15 is 0 Å². The van der Waals surface area contributed by atoms with Crippen LogP contribution in [-0.2, 0) is 12.8 Å². The summed E-state index contributed by atoms with van der Waals surface area (Å²) in [6.45, 7) is 11.4. The first kappa shape index (κ1) is 14.6. The van der Waals surface area contributed by atoms with Crippen molar-refractivity contribution in [3.05, 3.63) is 70.3 Å². The van der Waals surface area contributed by atoms with Crippen molar-refractivity contribution < 1.29 is 0 Å². The van der Waals surface area contributed by atoms with E-state index in [-0.39, 0.29) is 0 Å². The molecule has 0 aromatic heterocycles. The maximum absolute atomic E-state index is 4.46. The number of rotatable bonds is 2. The Labute approximate surface area is 139 Å². The Kier molecular flexibility index (Phi) is 3.52. The Bertz CT molecular complexity index is 783. The van der Waals surface area contributed by atoms with E-state index in [1.165, 1.54) is 66.6 Å². The Hall–Kier alpha value is -2.02. The van der Waals surface area contributed by atoms with E-state index in [2.05, 4.69) is 55.7 Å². The number of anilines is 1. The van der Waals surface area contributed by atoms with Gasteiger partial charge in [-0.3, -0.25) is 0 Å². The first-order chi connectivity index (χ1) is 11.2. The van der Waals surface area contributed by atoms with Gasteiger partial charge >= 0.3 is 0 Å². The fraction of sp³-hybridized carbons (Fsp3) is 0.364. The molecule has 118 valence electrons. The molecular formula is C22H25N. The zero-order valence-electron chi connectivity index (χ0n) is 14.3. The largest absolute Gasteiger partial charge is 0.371 e. The number of benzene rings is 2. The fourth-order valence-corrected chi connectivity index (χ4v) is 4.39. The second kappa shape index (κ2) is 5.56. The van der Waals surface area contributed by atoms with Gasteiger partial charge in [-0.1, -0.05) is 30.8 Å². The zero-order valence-corrected chi connectivity index (χ0v) is 14.3. The number of hydrogen-bond donors (Lipinski definition) is 0. The van der Waals surface area contributed by atoms with Crippen LogP contribution >= 0.6 is 0 Å². The molecule has 0 spiro atoms. The summed E-state index contributed by atoms with van der Waals surface area (Å²) in [5.74, 6) is 0. The SMILES string of the molecule is C=C(c1ccccc1C)c1cc2c3c(c1C)CCCN3CCC2. The summed E-state index contributed by atoms with van der Waals surface area (Å²) in [4.78, 5) is 2.62. The molecule has 2 aromatic carbocycles. The van der Waals surface area contributed by atoms with E-state index in [1.807, 2.05) is 0 Å². The molecule has 0 radical (unpaired) electrons. The Balaban J connectivity index is 1.88. The second-order valence-corrected chi connectivity index (χ2v) is 7.02. The van der Waals surface area contributed by atoms with Crippen molar-refractivity contribution in [1.29, 1.82) is 0 Å². The molecule has 0 bridgehead atoms. The van der Waals surface area contributed by atoms with E-state index in [0.29, 0.717) is 0 Å². The molecule has 0 fully saturated rings. The number of nitrogens with zero attached hydrogens (tertiary/aromatic N) is 1. The van der Waals surface area contributed by atoms with Crippen LogP contribution in [0.25, 0.3) is 5.57 Å². The predicted molar refractivity (Wildman–Crippen MR) is 99.3 cm³/mol. The molecule has 0 saturated carbocycles. The van der Waals surface area contributed by atoms with Gasteiger partial charge in [-0.15, -0.1) is 0 Å². The highest BCUT2D eigenvalue weighted by atomic mass is 15.1. The lowest BCUT2D eigenvalue weighted by Gasteiger charge is -2.38. The lowest BCUT2D eigenvalue weighted by molar-refractivity contribution is 0.632. The highest BCUT2D eigenvalue weighted by molar-refractivity contribution is 5.84. The van der Waals surface area contributed by atoms with Crippen molar-refractivity contribution >= 4 is 11.3 Å². The summed E-state index contributed by atoms with van der Waals surface area (Å²) in [5, 5.41) is 0. The quantitative estimate of drug-likeness (QED) is 0.749. The van der Waals surface area contributed by atoms with Gasteiger partial charge in [0.1, 0.15) is 0 Å². The molecule has 0 unspecified atom stereocenters. The predicted octanol–water partition coefficient (Wildman–Crippen LogP) is 5.06. The maximum atomic E-state index is 4.46. The molecule has 1 heteroatoms. The van der Waals surface area contributed by atoms with Crippen LogP contribution < -0.4 is 4.90 Å². The van der Waals surface area contributed by atoms with E-state index in [0.717, 1.165) is 0 Å². The molecule has 0 N–H and O–H groups in total.